The van der Waals surface area contributed by atoms with Gasteiger partial charge in [-0.15, -0.1) is 24.0 Å². The van der Waals surface area contributed by atoms with Gasteiger partial charge in [0, 0.05) is 30.8 Å². The monoisotopic (exact) mass is 431 g/mol. The van der Waals surface area contributed by atoms with Crippen LogP contribution in [0.15, 0.2) is 46.1 Å². The Balaban J connectivity index is 0.00000242. The molecule has 0 saturated carbocycles. The molecule has 0 saturated heterocycles. The van der Waals surface area contributed by atoms with Crippen LogP contribution in [0.2, 0.25) is 0 Å². The maximum absolute atomic E-state index is 5.97. The molecular formula is C16H22IN3OS. The molecule has 22 heavy (non-hydrogen) atoms. The van der Waals surface area contributed by atoms with Crippen molar-refractivity contribution in [1.82, 2.24) is 0 Å². The third kappa shape index (κ3) is 5.58. The number of aliphatic imine (C=N–C) groups is 1. The van der Waals surface area contributed by atoms with Gasteiger partial charge in [-0.1, -0.05) is 25.1 Å². The van der Waals surface area contributed by atoms with Crippen molar-refractivity contribution >= 4 is 47.0 Å². The van der Waals surface area contributed by atoms with Crippen LogP contribution in [0.3, 0.4) is 0 Å². The minimum atomic E-state index is 0. The summed E-state index contributed by atoms with van der Waals surface area (Å²) >= 11 is 1.70. The molecule has 6 heteroatoms. The number of hydrogen-bond acceptors (Lipinski definition) is 3. The van der Waals surface area contributed by atoms with E-state index in [1.54, 1.807) is 18.4 Å². The molecule has 2 aromatic rings. The first-order valence-electron chi connectivity index (χ1n) is 6.86. The molecule has 4 nitrogen and oxygen atoms in total. The zero-order valence-corrected chi connectivity index (χ0v) is 15.9. The van der Waals surface area contributed by atoms with E-state index in [4.69, 9.17) is 10.5 Å². The van der Waals surface area contributed by atoms with Crippen LogP contribution in [0.5, 0.6) is 0 Å². The Hall–Kier alpha value is -1.12. The highest BCUT2D eigenvalue weighted by molar-refractivity contribution is 14.0. The Bertz CT molecular complexity index is 587. The molecule has 1 unspecified atom stereocenters. The molecule has 0 spiro atoms. The predicted molar refractivity (Wildman–Crippen MR) is 105 cm³/mol. The third-order valence-electron chi connectivity index (χ3n) is 3.23. The predicted octanol–water partition coefficient (Wildman–Crippen LogP) is 4.04. The second-order valence-corrected chi connectivity index (χ2v) is 5.68. The lowest BCUT2D eigenvalue weighted by Gasteiger charge is -2.12. The van der Waals surface area contributed by atoms with Gasteiger partial charge in [-0.3, -0.25) is 4.99 Å². The first-order valence-corrected chi connectivity index (χ1v) is 7.81. The molecule has 1 aromatic heterocycles. The summed E-state index contributed by atoms with van der Waals surface area (Å²) in [7, 11) is 1.68. The van der Waals surface area contributed by atoms with Crippen LogP contribution >= 0.6 is 35.3 Å². The number of hydrogen-bond donors (Lipinski definition) is 2. The number of nitrogens with one attached hydrogen (secondary N) is 1. The number of rotatable bonds is 6. The summed E-state index contributed by atoms with van der Waals surface area (Å²) in [6.07, 6.45) is 0. The molecule has 0 radical (unpaired) electrons. The van der Waals surface area contributed by atoms with Crippen molar-refractivity contribution in [3.05, 3.63) is 52.2 Å². The first-order chi connectivity index (χ1) is 10.2. The first kappa shape index (κ1) is 18.9. The standard InChI is InChI=1S/C16H21N3OS.HI/c1-12(14-7-8-21-11-14)9-18-16(17)19-15-6-4-3-5-13(15)10-20-2;/h3-8,11-12H,9-10H2,1-2H3,(H3,17,18,19);1H. The van der Waals surface area contributed by atoms with Crippen molar-refractivity contribution in [2.24, 2.45) is 10.7 Å². The highest BCUT2D eigenvalue weighted by atomic mass is 127. The minimum Gasteiger partial charge on any atom is -0.380 e. The number of halogens is 1. The zero-order valence-electron chi connectivity index (χ0n) is 12.8. The number of thiophene rings is 1. The lowest BCUT2D eigenvalue weighted by molar-refractivity contribution is 0.185. The van der Waals surface area contributed by atoms with E-state index in [-0.39, 0.29) is 24.0 Å². The minimum absolute atomic E-state index is 0. The van der Waals surface area contributed by atoms with Crippen molar-refractivity contribution in [2.75, 3.05) is 19.0 Å². The molecule has 3 N–H and O–H groups in total. The van der Waals surface area contributed by atoms with Crippen molar-refractivity contribution < 1.29 is 4.74 Å². The summed E-state index contributed by atoms with van der Waals surface area (Å²) in [4.78, 5) is 4.42. The van der Waals surface area contributed by atoms with E-state index in [0.29, 0.717) is 25.0 Å². The second kappa shape index (κ2) is 9.81. The number of guanidine groups is 1. The normalized spacial score (nSPS) is 12.5. The molecule has 1 heterocycles. The highest BCUT2D eigenvalue weighted by Gasteiger charge is 2.06. The van der Waals surface area contributed by atoms with Crippen molar-refractivity contribution in [3.8, 4) is 0 Å². The number of para-hydroxylation sites is 1. The van der Waals surface area contributed by atoms with E-state index in [2.05, 4.69) is 34.1 Å². The topological polar surface area (TPSA) is 59.6 Å². The van der Waals surface area contributed by atoms with Gasteiger partial charge in [-0.25, -0.2) is 0 Å². The summed E-state index contributed by atoms with van der Waals surface area (Å²) in [6.45, 7) is 3.36. The van der Waals surface area contributed by atoms with Crippen LogP contribution in [0.4, 0.5) is 5.69 Å². The van der Waals surface area contributed by atoms with Crippen LogP contribution in [0.25, 0.3) is 0 Å². The van der Waals surface area contributed by atoms with Gasteiger partial charge >= 0.3 is 0 Å². The maximum atomic E-state index is 5.97. The van der Waals surface area contributed by atoms with Crippen molar-refractivity contribution in [2.45, 2.75) is 19.4 Å². The van der Waals surface area contributed by atoms with E-state index in [0.717, 1.165) is 11.3 Å². The fourth-order valence-electron chi connectivity index (χ4n) is 2.00. The van der Waals surface area contributed by atoms with Gasteiger partial charge in [0.25, 0.3) is 0 Å². The van der Waals surface area contributed by atoms with E-state index in [1.165, 1.54) is 5.56 Å². The quantitative estimate of drug-likeness (QED) is 0.412. The van der Waals surface area contributed by atoms with Crippen molar-refractivity contribution in [3.63, 3.8) is 0 Å². The molecule has 0 aliphatic heterocycles. The number of nitrogens with two attached hydrogens (primary N) is 1. The smallest absolute Gasteiger partial charge is 0.193 e. The maximum Gasteiger partial charge on any atom is 0.193 e. The Labute approximate surface area is 152 Å². The van der Waals surface area contributed by atoms with E-state index in [9.17, 15) is 0 Å². The summed E-state index contributed by atoms with van der Waals surface area (Å²) in [6, 6.07) is 10.0. The molecular weight excluding hydrogens is 409 g/mol. The number of anilines is 1. The summed E-state index contributed by atoms with van der Waals surface area (Å²) in [5.41, 5.74) is 9.27. The molecule has 0 amide bonds. The molecule has 0 aliphatic rings. The van der Waals surface area contributed by atoms with E-state index in [1.807, 2.05) is 24.3 Å². The summed E-state index contributed by atoms with van der Waals surface area (Å²) in [5.74, 6) is 0.798. The molecule has 1 aromatic carbocycles. The molecule has 1 atom stereocenters. The van der Waals surface area contributed by atoms with E-state index >= 15 is 0 Å². The van der Waals surface area contributed by atoms with Gasteiger partial charge in [0.05, 0.1) is 6.61 Å². The second-order valence-electron chi connectivity index (χ2n) is 4.90. The average molecular weight is 431 g/mol. The molecule has 120 valence electrons. The lowest BCUT2D eigenvalue weighted by Crippen LogP contribution is -2.24. The molecule has 2 rings (SSSR count). The molecule has 0 aliphatic carbocycles. The third-order valence-corrected chi connectivity index (χ3v) is 3.93. The van der Waals surface area contributed by atoms with Gasteiger partial charge in [0.2, 0.25) is 0 Å². The van der Waals surface area contributed by atoms with Gasteiger partial charge in [0.15, 0.2) is 5.96 Å². The Morgan fingerprint density at radius 2 is 2.14 bits per heavy atom. The van der Waals surface area contributed by atoms with E-state index < -0.39 is 0 Å². The Morgan fingerprint density at radius 1 is 1.36 bits per heavy atom. The largest absolute Gasteiger partial charge is 0.380 e. The fraction of sp³-hybridized carbons (Fsp3) is 0.312. The highest BCUT2D eigenvalue weighted by Crippen LogP contribution is 2.19. The zero-order chi connectivity index (χ0) is 15.1. The van der Waals surface area contributed by atoms with Crippen LogP contribution in [-0.2, 0) is 11.3 Å². The number of ether oxygens (including phenoxy) is 1. The molecule has 0 bridgehead atoms. The fourth-order valence-corrected chi connectivity index (χ4v) is 2.78. The Morgan fingerprint density at radius 3 is 2.82 bits per heavy atom. The van der Waals surface area contributed by atoms with Gasteiger partial charge in [-0.05, 0) is 28.5 Å². The van der Waals surface area contributed by atoms with Gasteiger partial charge in [-0.2, -0.15) is 11.3 Å². The Kier molecular flexibility index (Phi) is 8.44. The van der Waals surface area contributed by atoms with Gasteiger partial charge < -0.3 is 15.8 Å². The number of benzene rings is 1. The van der Waals surface area contributed by atoms with Crippen LogP contribution in [0.1, 0.15) is 24.0 Å². The average Bonchev–Trinajstić information content (AvgIpc) is 3.01. The number of methoxy groups -OCH3 is 1. The van der Waals surface area contributed by atoms with Crippen LogP contribution in [0, 0.1) is 0 Å². The van der Waals surface area contributed by atoms with Crippen LogP contribution < -0.4 is 11.1 Å². The van der Waals surface area contributed by atoms with Crippen molar-refractivity contribution in [1.29, 1.82) is 0 Å². The lowest BCUT2D eigenvalue weighted by atomic mass is 10.1. The summed E-state index contributed by atoms with van der Waals surface area (Å²) in [5, 5.41) is 7.38. The number of nitrogens with zero attached hydrogens (tertiary/aromatic N) is 1. The summed E-state index contributed by atoms with van der Waals surface area (Å²) < 4.78 is 5.18. The SMILES string of the molecule is COCc1ccccc1NC(N)=NCC(C)c1ccsc1.I. The van der Waals surface area contributed by atoms with Gasteiger partial charge in [0.1, 0.15) is 0 Å². The van der Waals surface area contributed by atoms with Crippen LogP contribution in [-0.4, -0.2) is 19.6 Å². The molecule has 0 fully saturated rings.